The van der Waals surface area contributed by atoms with Gasteiger partial charge in [0.1, 0.15) is 0 Å². The van der Waals surface area contributed by atoms with Gasteiger partial charge in [-0.25, -0.2) is 0 Å². The average Bonchev–Trinajstić information content (AvgIpc) is 2.27. The second-order valence-electron chi connectivity index (χ2n) is 5.23. The third-order valence-electron chi connectivity index (χ3n) is 3.82. The fraction of sp³-hybridized carbons (Fsp3) is 0.600. The molecule has 0 heterocycles. The molecule has 1 aliphatic rings. The molecule has 1 unspecified atom stereocenters. The van der Waals surface area contributed by atoms with Gasteiger partial charge in [0, 0.05) is 16.1 Å². The van der Waals surface area contributed by atoms with E-state index in [1.807, 2.05) is 12.1 Å². The van der Waals surface area contributed by atoms with Crippen molar-refractivity contribution in [3.8, 4) is 0 Å². The van der Waals surface area contributed by atoms with Crippen LogP contribution in [0.2, 0.25) is 10.0 Å². The maximum atomic E-state index is 6.25. The Morgan fingerprint density at radius 2 is 2.11 bits per heavy atom. The maximum absolute atomic E-state index is 6.25. The second kappa shape index (κ2) is 6.79. The molecule has 0 spiro atoms. The van der Waals surface area contributed by atoms with Crippen LogP contribution >= 0.6 is 23.2 Å². The summed E-state index contributed by atoms with van der Waals surface area (Å²) in [5.41, 5.74) is 1.20. The zero-order valence-corrected chi connectivity index (χ0v) is 12.4. The number of hydrogen-bond donors (Lipinski definition) is 1. The highest BCUT2D eigenvalue weighted by Crippen LogP contribution is 2.32. The molecule has 100 valence electrons. The first-order valence-corrected chi connectivity index (χ1v) is 7.62. The van der Waals surface area contributed by atoms with Crippen molar-refractivity contribution >= 4 is 23.2 Å². The van der Waals surface area contributed by atoms with Crippen LogP contribution in [0.25, 0.3) is 0 Å². The highest BCUT2D eigenvalue weighted by molar-refractivity contribution is 6.35. The Morgan fingerprint density at radius 1 is 1.33 bits per heavy atom. The minimum absolute atomic E-state index is 0.541. The van der Waals surface area contributed by atoms with E-state index in [0.717, 1.165) is 23.9 Å². The van der Waals surface area contributed by atoms with Crippen LogP contribution < -0.4 is 5.32 Å². The summed E-state index contributed by atoms with van der Waals surface area (Å²) in [7, 11) is 0. The Balaban J connectivity index is 1.97. The fourth-order valence-electron chi connectivity index (χ4n) is 2.61. The molecule has 0 amide bonds. The lowest BCUT2D eigenvalue weighted by Gasteiger charge is -2.30. The second-order valence-corrected chi connectivity index (χ2v) is 6.07. The summed E-state index contributed by atoms with van der Waals surface area (Å²) in [4.78, 5) is 0. The lowest BCUT2D eigenvalue weighted by molar-refractivity contribution is 0.260. The third kappa shape index (κ3) is 3.88. The molecular weight excluding hydrogens is 265 g/mol. The Labute approximate surface area is 120 Å². The Morgan fingerprint density at radius 3 is 2.67 bits per heavy atom. The van der Waals surface area contributed by atoms with Crippen LogP contribution in [0.15, 0.2) is 18.2 Å². The predicted octanol–water partition coefficient (Wildman–Crippen LogP) is 4.70. The summed E-state index contributed by atoms with van der Waals surface area (Å²) in [6.45, 7) is 3.18. The molecule has 18 heavy (non-hydrogen) atoms. The smallest absolute Gasteiger partial charge is 0.0453 e. The van der Waals surface area contributed by atoms with Crippen molar-refractivity contribution in [1.82, 2.24) is 5.32 Å². The summed E-state index contributed by atoms with van der Waals surface area (Å²) in [5.74, 6) is 0.917. The van der Waals surface area contributed by atoms with E-state index < -0.39 is 0 Å². The van der Waals surface area contributed by atoms with Crippen molar-refractivity contribution in [2.45, 2.75) is 45.1 Å². The SMILES string of the molecule is CCNC(Cc1ccc(Cl)cc1Cl)CC1CCC1. The summed E-state index contributed by atoms with van der Waals surface area (Å²) >= 11 is 12.2. The normalized spacial score (nSPS) is 17.5. The molecular formula is C15H21Cl2N. The number of halogens is 2. The molecule has 0 bridgehead atoms. The van der Waals surface area contributed by atoms with Gasteiger partial charge in [-0.15, -0.1) is 0 Å². The van der Waals surface area contributed by atoms with Crippen LogP contribution in [0, 0.1) is 5.92 Å². The summed E-state index contributed by atoms with van der Waals surface area (Å²) < 4.78 is 0. The minimum Gasteiger partial charge on any atom is -0.314 e. The summed E-state index contributed by atoms with van der Waals surface area (Å²) in [5, 5.41) is 5.08. The average molecular weight is 286 g/mol. The summed E-state index contributed by atoms with van der Waals surface area (Å²) in [6.07, 6.45) is 6.48. The van der Waals surface area contributed by atoms with Crippen molar-refractivity contribution in [2.75, 3.05) is 6.54 Å². The zero-order valence-electron chi connectivity index (χ0n) is 10.9. The molecule has 1 nitrogen and oxygen atoms in total. The highest BCUT2D eigenvalue weighted by atomic mass is 35.5. The fourth-order valence-corrected chi connectivity index (χ4v) is 3.10. The van der Waals surface area contributed by atoms with Gasteiger partial charge in [-0.1, -0.05) is 55.5 Å². The molecule has 2 rings (SSSR count). The van der Waals surface area contributed by atoms with Gasteiger partial charge in [-0.3, -0.25) is 0 Å². The van der Waals surface area contributed by atoms with Gasteiger partial charge >= 0.3 is 0 Å². The monoisotopic (exact) mass is 285 g/mol. The van der Waals surface area contributed by atoms with E-state index in [1.54, 1.807) is 0 Å². The zero-order chi connectivity index (χ0) is 13.0. The number of hydrogen-bond acceptors (Lipinski definition) is 1. The standard InChI is InChI=1S/C15H21Cl2N/c1-2-18-14(8-11-4-3-5-11)9-12-6-7-13(16)10-15(12)17/h6-7,10-11,14,18H,2-5,8-9H2,1H3. The quantitative estimate of drug-likeness (QED) is 0.799. The third-order valence-corrected chi connectivity index (χ3v) is 4.40. The van der Waals surface area contributed by atoms with Gasteiger partial charge in [0.2, 0.25) is 0 Å². The van der Waals surface area contributed by atoms with Crippen molar-refractivity contribution in [3.05, 3.63) is 33.8 Å². The minimum atomic E-state index is 0.541. The molecule has 1 saturated carbocycles. The van der Waals surface area contributed by atoms with Crippen molar-refractivity contribution in [2.24, 2.45) is 5.92 Å². The van der Waals surface area contributed by atoms with Crippen LogP contribution in [-0.2, 0) is 6.42 Å². The Hall–Kier alpha value is -0.240. The van der Waals surface area contributed by atoms with Crippen LogP contribution in [0.3, 0.4) is 0 Å². The molecule has 1 aromatic carbocycles. The molecule has 1 N–H and O–H groups in total. The number of nitrogens with one attached hydrogen (secondary N) is 1. The van der Waals surface area contributed by atoms with Gasteiger partial charge in [0.05, 0.1) is 0 Å². The van der Waals surface area contributed by atoms with E-state index in [1.165, 1.54) is 31.2 Å². The van der Waals surface area contributed by atoms with Gasteiger partial charge < -0.3 is 5.32 Å². The first-order chi connectivity index (χ1) is 8.69. The Kier molecular flexibility index (Phi) is 5.35. The highest BCUT2D eigenvalue weighted by Gasteiger charge is 2.22. The largest absolute Gasteiger partial charge is 0.314 e. The first-order valence-electron chi connectivity index (χ1n) is 6.86. The van der Waals surface area contributed by atoms with E-state index in [4.69, 9.17) is 23.2 Å². The topological polar surface area (TPSA) is 12.0 Å². The van der Waals surface area contributed by atoms with Gasteiger partial charge in [-0.2, -0.15) is 0 Å². The van der Waals surface area contributed by atoms with Crippen LogP contribution in [0.1, 0.15) is 38.2 Å². The van der Waals surface area contributed by atoms with Crippen molar-refractivity contribution in [1.29, 1.82) is 0 Å². The predicted molar refractivity (Wildman–Crippen MR) is 79.6 cm³/mol. The van der Waals surface area contributed by atoms with Crippen LogP contribution in [0.4, 0.5) is 0 Å². The van der Waals surface area contributed by atoms with E-state index in [-0.39, 0.29) is 0 Å². The number of likely N-dealkylation sites (N-methyl/N-ethyl adjacent to an activating group) is 1. The van der Waals surface area contributed by atoms with Crippen LogP contribution in [0.5, 0.6) is 0 Å². The molecule has 0 saturated heterocycles. The van der Waals surface area contributed by atoms with Crippen molar-refractivity contribution in [3.63, 3.8) is 0 Å². The molecule has 3 heteroatoms. The molecule has 1 aromatic rings. The van der Waals surface area contributed by atoms with Crippen LogP contribution in [-0.4, -0.2) is 12.6 Å². The van der Waals surface area contributed by atoms with Crippen molar-refractivity contribution < 1.29 is 0 Å². The van der Waals surface area contributed by atoms with E-state index in [0.29, 0.717) is 11.1 Å². The van der Waals surface area contributed by atoms with Gasteiger partial charge in [0.25, 0.3) is 0 Å². The van der Waals surface area contributed by atoms with Gasteiger partial charge in [-0.05, 0) is 43.0 Å². The molecule has 0 aromatic heterocycles. The van der Waals surface area contributed by atoms with E-state index >= 15 is 0 Å². The molecule has 0 radical (unpaired) electrons. The Bertz CT molecular complexity index is 388. The summed E-state index contributed by atoms with van der Waals surface area (Å²) in [6, 6.07) is 6.36. The molecule has 1 aliphatic carbocycles. The lowest BCUT2D eigenvalue weighted by Crippen LogP contribution is -2.34. The lowest BCUT2D eigenvalue weighted by atomic mass is 9.80. The number of rotatable bonds is 6. The number of benzene rings is 1. The first kappa shape index (κ1) is 14.2. The van der Waals surface area contributed by atoms with E-state index in [9.17, 15) is 0 Å². The van der Waals surface area contributed by atoms with Gasteiger partial charge in [0.15, 0.2) is 0 Å². The molecule has 0 aliphatic heterocycles. The maximum Gasteiger partial charge on any atom is 0.0453 e. The molecule has 1 atom stereocenters. The molecule has 1 fully saturated rings. The van der Waals surface area contributed by atoms with E-state index in [2.05, 4.69) is 18.3 Å².